The maximum atomic E-state index is 5.08. The van der Waals surface area contributed by atoms with Crippen molar-refractivity contribution in [3.05, 3.63) is 12.4 Å². The van der Waals surface area contributed by atoms with Gasteiger partial charge in [-0.25, -0.2) is 4.98 Å². The van der Waals surface area contributed by atoms with E-state index in [1.165, 1.54) is 24.3 Å². The average molecular weight is 241 g/mol. The molecule has 0 spiro atoms. The van der Waals surface area contributed by atoms with Crippen LogP contribution in [0.4, 0.5) is 5.95 Å². The van der Waals surface area contributed by atoms with E-state index in [1.807, 2.05) is 24.2 Å². The first kappa shape index (κ1) is 11.8. The fourth-order valence-electron chi connectivity index (χ4n) is 1.84. The van der Waals surface area contributed by atoms with Crippen molar-refractivity contribution < 1.29 is 4.74 Å². The highest BCUT2D eigenvalue weighted by Crippen LogP contribution is 2.20. The van der Waals surface area contributed by atoms with Crippen LogP contribution < -0.4 is 5.32 Å². The van der Waals surface area contributed by atoms with E-state index in [1.54, 1.807) is 7.11 Å². The summed E-state index contributed by atoms with van der Waals surface area (Å²) >= 11 is 2.04. The Morgan fingerprint density at radius 2 is 2.38 bits per heavy atom. The molecular weight excluding hydrogens is 222 g/mol. The van der Waals surface area contributed by atoms with Gasteiger partial charge in [0.2, 0.25) is 5.95 Å². The third kappa shape index (κ3) is 3.15. The van der Waals surface area contributed by atoms with E-state index >= 15 is 0 Å². The molecule has 90 valence electrons. The van der Waals surface area contributed by atoms with Gasteiger partial charge in [-0.2, -0.15) is 11.8 Å². The quantitative estimate of drug-likeness (QED) is 0.854. The highest BCUT2D eigenvalue weighted by molar-refractivity contribution is 7.99. The number of ether oxygens (including phenoxy) is 1. The van der Waals surface area contributed by atoms with E-state index in [4.69, 9.17) is 4.74 Å². The van der Waals surface area contributed by atoms with Gasteiger partial charge in [0.1, 0.15) is 0 Å². The van der Waals surface area contributed by atoms with Gasteiger partial charge in [-0.3, -0.25) is 0 Å². The Hall–Kier alpha value is -0.680. The third-order valence-corrected chi connectivity index (χ3v) is 3.86. The van der Waals surface area contributed by atoms with Crippen LogP contribution in [0, 0.1) is 0 Å². The number of thioether (sulfide) groups is 1. The van der Waals surface area contributed by atoms with Crippen molar-refractivity contribution in [2.75, 3.05) is 30.5 Å². The summed E-state index contributed by atoms with van der Waals surface area (Å²) in [6.07, 6.45) is 6.32. The zero-order valence-electron chi connectivity index (χ0n) is 9.69. The molecule has 0 aliphatic carbocycles. The van der Waals surface area contributed by atoms with Gasteiger partial charge in [0.05, 0.1) is 6.61 Å². The van der Waals surface area contributed by atoms with Crippen LogP contribution in [-0.2, 0) is 11.3 Å². The molecule has 1 aliphatic rings. The molecule has 1 aromatic heterocycles. The first-order valence-electron chi connectivity index (χ1n) is 5.74. The maximum Gasteiger partial charge on any atom is 0.203 e. The predicted molar refractivity (Wildman–Crippen MR) is 68.1 cm³/mol. The molecule has 0 atom stereocenters. The minimum atomic E-state index is 0.588. The van der Waals surface area contributed by atoms with E-state index in [2.05, 4.69) is 14.9 Å². The minimum absolute atomic E-state index is 0.588. The van der Waals surface area contributed by atoms with Gasteiger partial charge in [0, 0.05) is 32.1 Å². The minimum Gasteiger partial charge on any atom is -0.383 e. The monoisotopic (exact) mass is 241 g/mol. The molecule has 1 aliphatic heterocycles. The fourth-order valence-corrected chi connectivity index (χ4v) is 2.95. The summed E-state index contributed by atoms with van der Waals surface area (Å²) < 4.78 is 7.20. The molecule has 2 rings (SSSR count). The smallest absolute Gasteiger partial charge is 0.203 e. The molecule has 1 N–H and O–H groups in total. The Labute approximate surface area is 101 Å². The first-order chi connectivity index (χ1) is 7.90. The molecule has 5 heteroatoms. The second-order valence-electron chi connectivity index (χ2n) is 3.97. The van der Waals surface area contributed by atoms with Gasteiger partial charge in [-0.15, -0.1) is 0 Å². The van der Waals surface area contributed by atoms with Crippen LogP contribution in [0.5, 0.6) is 0 Å². The van der Waals surface area contributed by atoms with Crippen LogP contribution >= 0.6 is 11.8 Å². The second-order valence-corrected chi connectivity index (χ2v) is 5.19. The van der Waals surface area contributed by atoms with E-state index in [0.29, 0.717) is 6.04 Å². The van der Waals surface area contributed by atoms with Gasteiger partial charge in [0.25, 0.3) is 0 Å². The average Bonchev–Trinajstić information content (AvgIpc) is 2.75. The van der Waals surface area contributed by atoms with Crippen molar-refractivity contribution in [3.63, 3.8) is 0 Å². The highest BCUT2D eigenvalue weighted by Gasteiger charge is 2.15. The lowest BCUT2D eigenvalue weighted by Crippen LogP contribution is -2.26. The molecule has 0 amide bonds. The van der Waals surface area contributed by atoms with Crippen molar-refractivity contribution in [2.45, 2.75) is 25.4 Å². The van der Waals surface area contributed by atoms with Crippen molar-refractivity contribution in [2.24, 2.45) is 0 Å². The summed E-state index contributed by atoms with van der Waals surface area (Å²) in [5, 5.41) is 3.52. The van der Waals surface area contributed by atoms with Gasteiger partial charge in [0.15, 0.2) is 0 Å². The Morgan fingerprint density at radius 1 is 1.56 bits per heavy atom. The SMILES string of the molecule is COCCn1ccnc1NC1CCSCC1. The highest BCUT2D eigenvalue weighted by atomic mass is 32.2. The molecule has 0 saturated carbocycles. The Kier molecular flexibility index (Phi) is 4.54. The zero-order chi connectivity index (χ0) is 11.2. The Morgan fingerprint density at radius 3 is 3.12 bits per heavy atom. The summed E-state index contributed by atoms with van der Waals surface area (Å²) in [6.45, 7) is 1.59. The summed E-state index contributed by atoms with van der Waals surface area (Å²) in [5.41, 5.74) is 0. The van der Waals surface area contributed by atoms with Crippen LogP contribution in [0.15, 0.2) is 12.4 Å². The number of methoxy groups -OCH3 is 1. The molecule has 0 bridgehead atoms. The molecule has 16 heavy (non-hydrogen) atoms. The first-order valence-corrected chi connectivity index (χ1v) is 6.90. The van der Waals surface area contributed by atoms with E-state index in [0.717, 1.165) is 19.1 Å². The molecule has 2 heterocycles. The lowest BCUT2D eigenvalue weighted by atomic mass is 10.2. The van der Waals surface area contributed by atoms with Crippen molar-refractivity contribution >= 4 is 17.7 Å². The van der Waals surface area contributed by atoms with Crippen LogP contribution in [0.1, 0.15) is 12.8 Å². The molecular formula is C11H19N3OS. The second kappa shape index (κ2) is 6.15. The van der Waals surface area contributed by atoms with Crippen LogP contribution in [0.2, 0.25) is 0 Å². The number of rotatable bonds is 5. The number of imidazole rings is 1. The summed E-state index contributed by atoms with van der Waals surface area (Å²) in [6, 6.07) is 0.588. The van der Waals surface area contributed by atoms with Crippen LogP contribution in [0.25, 0.3) is 0 Å². The predicted octanol–water partition coefficient (Wildman–Crippen LogP) is 1.84. The molecule has 0 aromatic carbocycles. The number of hydrogen-bond acceptors (Lipinski definition) is 4. The zero-order valence-corrected chi connectivity index (χ0v) is 10.5. The van der Waals surface area contributed by atoms with Gasteiger partial charge >= 0.3 is 0 Å². The Balaban J connectivity index is 1.89. The van der Waals surface area contributed by atoms with E-state index in [-0.39, 0.29) is 0 Å². The maximum absolute atomic E-state index is 5.08. The van der Waals surface area contributed by atoms with E-state index in [9.17, 15) is 0 Å². The summed E-state index contributed by atoms with van der Waals surface area (Å²) in [5.74, 6) is 3.50. The molecule has 4 nitrogen and oxygen atoms in total. The lowest BCUT2D eigenvalue weighted by Gasteiger charge is -2.23. The number of nitrogens with one attached hydrogen (secondary N) is 1. The summed E-state index contributed by atoms with van der Waals surface area (Å²) in [7, 11) is 1.72. The topological polar surface area (TPSA) is 39.1 Å². The molecule has 1 fully saturated rings. The normalized spacial score (nSPS) is 17.6. The molecule has 1 aromatic rings. The van der Waals surface area contributed by atoms with Crippen molar-refractivity contribution in [1.29, 1.82) is 0 Å². The third-order valence-electron chi connectivity index (χ3n) is 2.81. The molecule has 0 unspecified atom stereocenters. The van der Waals surface area contributed by atoms with Crippen LogP contribution in [-0.4, -0.2) is 40.8 Å². The Bertz CT molecular complexity index is 310. The van der Waals surface area contributed by atoms with Gasteiger partial charge < -0.3 is 14.6 Å². The van der Waals surface area contributed by atoms with E-state index < -0.39 is 0 Å². The number of nitrogens with zero attached hydrogens (tertiary/aromatic N) is 2. The lowest BCUT2D eigenvalue weighted by molar-refractivity contribution is 0.187. The number of hydrogen-bond donors (Lipinski definition) is 1. The largest absolute Gasteiger partial charge is 0.383 e. The van der Waals surface area contributed by atoms with Gasteiger partial charge in [-0.05, 0) is 24.3 Å². The van der Waals surface area contributed by atoms with Crippen molar-refractivity contribution in [1.82, 2.24) is 9.55 Å². The summed E-state index contributed by atoms with van der Waals surface area (Å²) in [4.78, 5) is 4.35. The molecule has 0 radical (unpaired) electrons. The number of aromatic nitrogens is 2. The molecule has 1 saturated heterocycles. The van der Waals surface area contributed by atoms with Crippen molar-refractivity contribution in [3.8, 4) is 0 Å². The standard InChI is InChI=1S/C11H19N3OS/c1-15-7-6-14-5-4-12-11(14)13-10-2-8-16-9-3-10/h4-5,10H,2-3,6-9H2,1H3,(H,12,13). The van der Waals surface area contributed by atoms with Crippen LogP contribution in [0.3, 0.4) is 0 Å². The fraction of sp³-hybridized carbons (Fsp3) is 0.727. The number of anilines is 1. The van der Waals surface area contributed by atoms with Gasteiger partial charge in [-0.1, -0.05) is 0 Å².